The molecule has 1 heterocycles. The van der Waals surface area contributed by atoms with Gasteiger partial charge in [0, 0.05) is 19.1 Å². The number of hydrogen-bond donors (Lipinski definition) is 1. The summed E-state index contributed by atoms with van der Waals surface area (Å²) in [4.78, 5) is 14.7. The third kappa shape index (κ3) is 4.50. The molecule has 1 aromatic carbocycles. The molecule has 1 aliphatic rings. The van der Waals surface area contributed by atoms with Gasteiger partial charge in [0.2, 0.25) is 0 Å². The summed E-state index contributed by atoms with van der Waals surface area (Å²) in [5.41, 5.74) is 8.32. The Balaban J connectivity index is 2.08. The van der Waals surface area contributed by atoms with Crippen LogP contribution in [0.15, 0.2) is 18.2 Å². The highest BCUT2D eigenvalue weighted by molar-refractivity contribution is 5.81. The molecule has 0 radical (unpaired) electrons. The van der Waals surface area contributed by atoms with Crippen molar-refractivity contribution in [1.29, 1.82) is 0 Å². The molecule has 2 rings (SSSR count). The summed E-state index contributed by atoms with van der Waals surface area (Å²) >= 11 is 0. The minimum absolute atomic E-state index is 0.0663. The molecule has 0 spiro atoms. The average Bonchev–Trinajstić information content (AvgIpc) is 2.54. The van der Waals surface area contributed by atoms with Gasteiger partial charge in [-0.25, -0.2) is 0 Å². The number of carbonyl (C=O) groups excluding carboxylic acids is 1. The maximum atomic E-state index is 12.8. The number of nitrogens with two attached hydrogens (primary N) is 1. The van der Waals surface area contributed by atoms with Crippen molar-refractivity contribution >= 4 is 5.91 Å². The van der Waals surface area contributed by atoms with Crippen LogP contribution in [0.2, 0.25) is 0 Å². The van der Waals surface area contributed by atoms with Gasteiger partial charge in [-0.3, -0.25) is 4.79 Å². The van der Waals surface area contributed by atoms with E-state index in [2.05, 4.69) is 26.0 Å². The normalized spacial score (nSPS) is 20.8. The smallest absolute Gasteiger partial charge is 0.263 e. The van der Waals surface area contributed by atoms with Crippen molar-refractivity contribution in [3.05, 3.63) is 29.3 Å². The summed E-state index contributed by atoms with van der Waals surface area (Å²) in [5.74, 6) is 1.64. The first-order valence-corrected chi connectivity index (χ1v) is 9.11. The van der Waals surface area contributed by atoms with Crippen LogP contribution in [0.3, 0.4) is 0 Å². The Morgan fingerprint density at radius 3 is 2.62 bits per heavy atom. The largest absolute Gasteiger partial charge is 0.481 e. The van der Waals surface area contributed by atoms with Crippen molar-refractivity contribution in [1.82, 2.24) is 4.90 Å². The van der Waals surface area contributed by atoms with E-state index in [1.807, 2.05) is 31.7 Å². The number of rotatable bonds is 5. The number of hydrogen-bond acceptors (Lipinski definition) is 3. The molecule has 4 heteroatoms. The lowest BCUT2D eigenvalue weighted by Crippen LogP contribution is -2.48. The van der Waals surface area contributed by atoms with Crippen molar-refractivity contribution in [3.63, 3.8) is 0 Å². The summed E-state index contributed by atoms with van der Waals surface area (Å²) < 4.78 is 6.08. The third-order valence-electron chi connectivity index (χ3n) is 4.96. The van der Waals surface area contributed by atoms with Crippen LogP contribution < -0.4 is 10.5 Å². The first-order valence-electron chi connectivity index (χ1n) is 9.11. The standard InChI is InChI=1S/C20H32N2O2/c1-13(2)18-9-8-14(3)11-19(18)24-16(5)20(23)22-10-6-7-17(12-22)15(4)21/h8-9,11,13,15-17H,6-7,10,12,21H2,1-5H3. The maximum Gasteiger partial charge on any atom is 0.263 e. The predicted octanol–water partition coefficient (Wildman–Crippen LogP) is 3.47. The second-order valence-electron chi connectivity index (χ2n) is 7.50. The first kappa shape index (κ1) is 18.8. The van der Waals surface area contributed by atoms with Gasteiger partial charge < -0.3 is 15.4 Å². The average molecular weight is 332 g/mol. The highest BCUT2D eigenvalue weighted by atomic mass is 16.5. The summed E-state index contributed by atoms with van der Waals surface area (Å²) in [6, 6.07) is 6.34. The lowest BCUT2D eigenvalue weighted by Gasteiger charge is -2.36. The van der Waals surface area contributed by atoms with Crippen molar-refractivity contribution in [3.8, 4) is 5.75 Å². The van der Waals surface area contributed by atoms with E-state index in [1.165, 1.54) is 0 Å². The van der Waals surface area contributed by atoms with Crippen LogP contribution in [0.4, 0.5) is 0 Å². The summed E-state index contributed by atoms with van der Waals surface area (Å²) in [5, 5.41) is 0. The third-order valence-corrected chi connectivity index (χ3v) is 4.96. The highest BCUT2D eigenvalue weighted by Gasteiger charge is 2.29. The SMILES string of the molecule is Cc1ccc(C(C)C)c(OC(C)C(=O)N2CCCC(C(C)N)C2)c1. The fourth-order valence-electron chi connectivity index (χ4n) is 3.36. The first-order chi connectivity index (χ1) is 11.3. The molecule has 24 heavy (non-hydrogen) atoms. The molecule has 2 N–H and O–H groups in total. The number of nitrogens with zero attached hydrogens (tertiary/aromatic N) is 1. The Hall–Kier alpha value is -1.55. The molecule has 1 amide bonds. The Labute approximate surface area is 146 Å². The molecule has 0 bridgehead atoms. The number of benzene rings is 1. The summed E-state index contributed by atoms with van der Waals surface area (Å²) in [7, 11) is 0. The van der Waals surface area contributed by atoms with Crippen molar-refractivity contribution in [2.75, 3.05) is 13.1 Å². The molecule has 4 nitrogen and oxygen atoms in total. The molecule has 0 aliphatic carbocycles. The van der Waals surface area contributed by atoms with Crippen LogP contribution in [0.1, 0.15) is 57.6 Å². The van der Waals surface area contributed by atoms with Crippen molar-refractivity contribution in [2.24, 2.45) is 11.7 Å². The van der Waals surface area contributed by atoms with Gasteiger partial charge in [-0.05, 0) is 62.6 Å². The minimum Gasteiger partial charge on any atom is -0.481 e. The summed E-state index contributed by atoms with van der Waals surface area (Å²) in [6.45, 7) is 11.8. The van der Waals surface area contributed by atoms with E-state index in [0.29, 0.717) is 11.8 Å². The van der Waals surface area contributed by atoms with Crippen LogP contribution in [-0.4, -0.2) is 36.0 Å². The van der Waals surface area contributed by atoms with Gasteiger partial charge in [-0.15, -0.1) is 0 Å². The van der Waals surface area contributed by atoms with E-state index in [4.69, 9.17) is 10.5 Å². The fraction of sp³-hybridized carbons (Fsp3) is 0.650. The highest BCUT2D eigenvalue weighted by Crippen LogP contribution is 2.29. The predicted molar refractivity (Wildman–Crippen MR) is 98.3 cm³/mol. The van der Waals surface area contributed by atoms with Crippen LogP contribution in [-0.2, 0) is 4.79 Å². The molecule has 0 aromatic heterocycles. The quantitative estimate of drug-likeness (QED) is 0.898. The number of piperidine rings is 1. The van der Waals surface area contributed by atoms with E-state index < -0.39 is 6.10 Å². The molecule has 1 saturated heterocycles. The zero-order valence-electron chi connectivity index (χ0n) is 15.7. The molecule has 3 unspecified atom stereocenters. The Bertz CT molecular complexity index is 569. The second-order valence-corrected chi connectivity index (χ2v) is 7.50. The van der Waals surface area contributed by atoms with E-state index in [-0.39, 0.29) is 11.9 Å². The number of ether oxygens (including phenoxy) is 1. The van der Waals surface area contributed by atoms with Gasteiger partial charge in [0.15, 0.2) is 6.10 Å². The zero-order chi connectivity index (χ0) is 17.9. The maximum absolute atomic E-state index is 12.8. The van der Waals surface area contributed by atoms with E-state index in [9.17, 15) is 4.79 Å². The van der Waals surface area contributed by atoms with E-state index in [1.54, 1.807) is 0 Å². The lowest BCUT2D eigenvalue weighted by molar-refractivity contribution is -0.139. The Kier molecular flexibility index (Phi) is 6.27. The number of likely N-dealkylation sites (tertiary alicyclic amines) is 1. The van der Waals surface area contributed by atoms with Crippen LogP contribution >= 0.6 is 0 Å². The second kappa shape index (κ2) is 8.02. The van der Waals surface area contributed by atoms with Gasteiger partial charge in [-0.2, -0.15) is 0 Å². The zero-order valence-corrected chi connectivity index (χ0v) is 15.7. The monoisotopic (exact) mass is 332 g/mol. The van der Waals surface area contributed by atoms with Crippen LogP contribution in [0.25, 0.3) is 0 Å². The molecule has 1 aromatic rings. The molecule has 0 saturated carbocycles. The van der Waals surface area contributed by atoms with Gasteiger partial charge in [0.25, 0.3) is 5.91 Å². The molecular weight excluding hydrogens is 300 g/mol. The van der Waals surface area contributed by atoms with E-state index >= 15 is 0 Å². The van der Waals surface area contributed by atoms with Crippen LogP contribution in [0, 0.1) is 12.8 Å². The Morgan fingerprint density at radius 2 is 2.00 bits per heavy atom. The summed E-state index contributed by atoms with van der Waals surface area (Å²) in [6.07, 6.45) is 1.65. The van der Waals surface area contributed by atoms with Gasteiger partial charge >= 0.3 is 0 Å². The molecule has 134 valence electrons. The molecule has 3 atom stereocenters. The minimum atomic E-state index is -0.476. The van der Waals surface area contributed by atoms with Gasteiger partial charge in [0.1, 0.15) is 5.75 Å². The topological polar surface area (TPSA) is 55.6 Å². The Morgan fingerprint density at radius 1 is 1.29 bits per heavy atom. The van der Waals surface area contributed by atoms with Gasteiger partial charge in [0.05, 0.1) is 0 Å². The number of carbonyl (C=O) groups is 1. The van der Waals surface area contributed by atoms with Crippen molar-refractivity contribution in [2.45, 2.75) is 65.5 Å². The van der Waals surface area contributed by atoms with Crippen LogP contribution in [0.5, 0.6) is 5.75 Å². The number of amides is 1. The van der Waals surface area contributed by atoms with E-state index in [0.717, 1.165) is 42.8 Å². The lowest BCUT2D eigenvalue weighted by atomic mass is 9.92. The number of aryl methyl sites for hydroxylation is 1. The fourth-order valence-corrected chi connectivity index (χ4v) is 3.36. The molecule has 1 aliphatic heterocycles. The molecule has 1 fully saturated rings. The van der Waals surface area contributed by atoms with Gasteiger partial charge in [-0.1, -0.05) is 26.0 Å². The molecular formula is C20H32N2O2. The van der Waals surface area contributed by atoms with Crippen molar-refractivity contribution < 1.29 is 9.53 Å².